The Bertz CT molecular complexity index is 1430. The molecule has 3 aromatic carbocycles. The number of anilines is 1. The highest BCUT2D eigenvalue weighted by molar-refractivity contribution is 7.92. The smallest absolute Gasteiger partial charge is 0.264 e. The fraction of sp³-hybridized carbons (Fsp3) is 0.333. The monoisotopic (exact) mass is 619 g/mol. The van der Waals surface area contributed by atoms with E-state index in [-0.39, 0.29) is 23.3 Å². The summed E-state index contributed by atoms with van der Waals surface area (Å²) in [5, 5.41) is 3.66. The van der Waals surface area contributed by atoms with Crippen LogP contribution in [0.2, 0.25) is 10.0 Å². The summed E-state index contributed by atoms with van der Waals surface area (Å²) in [4.78, 5) is 28.7. The summed E-state index contributed by atoms with van der Waals surface area (Å²) in [5.74, 6) is -0.197. The second-order valence-corrected chi connectivity index (χ2v) is 12.5. The predicted molar refractivity (Wildman–Crippen MR) is 163 cm³/mol. The molecular weight excluding hydrogens is 585 g/mol. The third kappa shape index (κ3) is 8.38. The van der Waals surface area contributed by atoms with Crippen LogP contribution < -0.4 is 14.4 Å². The van der Waals surface area contributed by atoms with Crippen molar-refractivity contribution < 1.29 is 22.7 Å². The molecule has 0 fully saturated rings. The van der Waals surface area contributed by atoms with E-state index in [4.69, 9.17) is 27.9 Å². The number of nitrogens with zero attached hydrogens (tertiary/aromatic N) is 2. The van der Waals surface area contributed by atoms with Gasteiger partial charge in [0.15, 0.2) is 0 Å². The van der Waals surface area contributed by atoms with Crippen LogP contribution >= 0.6 is 23.2 Å². The number of ether oxygens (including phenoxy) is 1. The Morgan fingerprint density at radius 1 is 0.976 bits per heavy atom. The summed E-state index contributed by atoms with van der Waals surface area (Å²) in [7, 11) is -2.69. The molecule has 0 radical (unpaired) electrons. The molecule has 1 N–H and O–H groups in total. The van der Waals surface area contributed by atoms with Gasteiger partial charge in [0.25, 0.3) is 10.0 Å². The molecule has 11 heteroatoms. The van der Waals surface area contributed by atoms with Crippen molar-refractivity contribution in [3.05, 3.63) is 88.4 Å². The number of methoxy groups -OCH3 is 1. The molecule has 0 heterocycles. The van der Waals surface area contributed by atoms with Crippen molar-refractivity contribution >= 4 is 50.7 Å². The van der Waals surface area contributed by atoms with Crippen LogP contribution in [0.4, 0.5) is 5.69 Å². The summed E-state index contributed by atoms with van der Waals surface area (Å²) in [6.45, 7) is 5.61. The first kappa shape index (κ1) is 32.2. The fourth-order valence-electron chi connectivity index (χ4n) is 4.17. The number of amides is 2. The molecule has 3 aromatic rings. The quantitative estimate of drug-likeness (QED) is 0.262. The van der Waals surface area contributed by atoms with Gasteiger partial charge in [0, 0.05) is 23.1 Å². The first-order chi connectivity index (χ1) is 19.5. The van der Waals surface area contributed by atoms with Gasteiger partial charge in [-0.1, -0.05) is 68.2 Å². The molecule has 41 heavy (non-hydrogen) atoms. The number of halogens is 2. The third-order valence-corrected chi connectivity index (χ3v) is 8.77. The molecule has 2 amide bonds. The highest BCUT2D eigenvalue weighted by atomic mass is 35.5. The van der Waals surface area contributed by atoms with Gasteiger partial charge < -0.3 is 15.0 Å². The van der Waals surface area contributed by atoms with Crippen LogP contribution in [0.3, 0.4) is 0 Å². The van der Waals surface area contributed by atoms with Gasteiger partial charge >= 0.3 is 0 Å². The minimum atomic E-state index is -4.18. The van der Waals surface area contributed by atoms with Gasteiger partial charge in [-0.3, -0.25) is 13.9 Å². The van der Waals surface area contributed by atoms with Gasteiger partial charge in [-0.25, -0.2) is 8.42 Å². The van der Waals surface area contributed by atoms with Gasteiger partial charge in [-0.15, -0.1) is 0 Å². The Morgan fingerprint density at radius 3 is 2.20 bits per heavy atom. The Balaban J connectivity index is 2.04. The SMILES string of the molecule is CC[C@@H](C(=O)NCC(C)C)N(Cc1ccc(Cl)cc1Cl)C(=O)CN(c1ccccc1)S(=O)(=O)c1ccc(OC)cc1. The highest BCUT2D eigenvalue weighted by Crippen LogP contribution is 2.27. The lowest BCUT2D eigenvalue weighted by atomic mass is 10.1. The predicted octanol–water partition coefficient (Wildman–Crippen LogP) is 5.78. The molecule has 0 bridgehead atoms. The number of benzene rings is 3. The summed E-state index contributed by atoms with van der Waals surface area (Å²) >= 11 is 12.5. The zero-order chi connectivity index (χ0) is 30.2. The Hall–Kier alpha value is -3.27. The number of sulfonamides is 1. The largest absolute Gasteiger partial charge is 0.497 e. The van der Waals surface area contributed by atoms with Crippen molar-refractivity contribution in [3.8, 4) is 5.75 Å². The average molecular weight is 621 g/mol. The number of para-hydroxylation sites is 1. The minimum absolute atomic E-state index is 0.0102. The Kier molecular flexibility index (Phi) is 11.5. The van der Waals surface area contributed by atoms with Gasteiger partial charge in [0.1, 0.15) is 18.3 Å². The lowest BCUT2D eigenvalue weighted by Gasteiger charge is -2.33. The van der Waals surface area contributed by atoms with E-state index in [1.807, 2.05) is 13.8 Å². The number of carbonyl (C=O) groups is 2. The molecule has 0 spiro atoms. The molecule has 0 saturated carbocycles. The topological polar surface area (TPSA) is 96.0 Å². The maximum absolute atomic E-state index is 14.1. The normalized spacial score (nSPS) is 12.1. The number of hydrogen-bond acceptors (Lipinski definition) is 5. The molecule has 0 aromatic heterocycles. The van der Waals surface area contributed by atoms with E-state index in [1.165, 1.54) is 24.1 Å². The van der Waals surface area contributed by atoms with E-state index in [0.717, 1.165) is 4.31 Å². The molecule has 0 aliphatic heterocycles. The van der Waals surface area contributed by atoms with E-state index < -0.39 is 28.5 Å². The summed E-state index contributed by atoms with van der Waals surface area (Å²) in [5.41, 5.74) is 0.877. The van der Waals surface area contributed by atoms with Crippen molar-refractivity contribution in [2.45, 2.75) is 44.7 Å². The molecule has 220 valence electrons. The lowest BCUT2D eigenvalue weighted by Crippen LogP contribution is -2.52. The van der Waals surface area contributed by atoms with E-state index in [0.29, 0.717) is 40.0 Å². The highest BCUT2D eigenvalue weighted by Gasteiger charge is 2.34. The summed E-state index contributed by atoms with van der Waals surface area (Å²) in [6, 6.07) is 18.3. The number of hydrogen-bond donors (Lipinski definition) is 1. The number of rotatable bonds is 13. The van der Waals surface area contributed by atoms with Crippen LogP contribution in [0.25, 0.3) is 0 Å². The Morgan fingerprint density at radius 2 is 1.63 bits per heavy atom. The van der Waals surface area contributed by atoms with Crippen LogP contribution in [-0.2, 0) is 26.2 Å². The van der Waals surface area contributed by atoms with E-state index in [1.54, 1.807) is 67.6 Å². The fourth-order valence-corrected chi connectivity index (χ4v) is 6.06. The van der Waals surface area contributed by atoms with Crippen LogP contribution in [-0.4, -0.2) is 51.4 Å². The van der Waals surface area contributed by atoms with Crippen molar-refractivity contribution in [1.29, 1.82) is 0 Å². The van der Waals surface area contributed by atoms with E-state index in [2.05, 4.69) is 5.32 Å². The van der Waals surface area contributed by atoms with Gasteiger partial charge in [0.2, 0.25) is 11.8 Å². The van der Waals surface area contributed by atoms with Crippen LogP contribution in [0.1, 0.15) is 32.8 Å². The van der Waals surface area contributed by atoms with E-state index >= 15 is 0 Å². The van der Waals surface area contributed by atoms with Crippen LogP contribution in [0, 0.1) is 5.92 Å². The van der Waals surface area contributed by atoms with Crippen LogP contribution in [0.15, 0.2) is 77.7 Å². The molecule has 0 aliphatic rings. The Labute approximate surface area is 252 Å². The molecule has 1 atom stereocenters. The van der Waals surface area contributed by atoms with Crippen molar-refractivity contribution in [3.63, 3.8) is 0 Å². The lowest BCUT2D eigenvalue weighted by molar-refractivity contribution is -0.140. The van der Waals surface area contributed by atoms with Crippen molar-refractivity contribution in [1.82, 2.24) is 10.2 Å². The van der Waals surface area contributed by atoms with Gasteiger partial charge in [-0.2, -0.15) is 0 Å². The standard InChI is InChI=1S/C30H35Cl2N3O5S/c1-5-28(30(37)33-18-21(2)3)34(19-22-11-12-23(31)17-27(22)32)29(36)20-35(24-9-7-6-8-10-24)41(38,39)26-15-13-25(40-4)14-16-26/h6-17,21,28H,5,18-20H2,1-4H3,(H,33,37)/t28-/m0/s1. The van der Waals surface area contributed by atoms with Gasteiger partial charge in [-0.05, 0) is 66.4 Å². The zero-order valence-electron chi connectivity index (χ0n) is 23.5. The minimum Gasteiger partial charge on any atom is -0.497 e. The molecule has 0 aliphatic carbocycles. The summed E-state index contributed by atoms with van der Waals surface area (Å²) < 4.78 is 34.0. The molecule has 0 saturated heterocycles. The molecule has 0 unspecified atom stereocenters. The maximum atomic E-state index is 14.1. The second-order valence-electron chi connectivity index (χ2n) is 9.84. The first-order valence-electron chi connectivity index (χ1n) is 13.2. The van der Waals surface area contributed by atoms with E-state index in [9.17, 15) is 18.0 Å². The van der Waals surface area contributed by atoms with Gasteiger partial charge in [0.05, 0.1) is 17.7 Å². The van der Waals surface area contributed by atoms with Crippen LogP contribution in [0.5, 0.6) is 5.75 Å². The first-order valence-corrected chi connectivity index (χ1v) is 15.4. The van der Waals surface area contributed by atoms with Crippen molar-refractivity contribution in [2.24, 2.45) is 5.92 Å². The third-order valence-electron chi connectivity index (χ3n) is 6.40. The number of nitrogens with one attached hydrogen (secondary N) is 1. The van der Waals surface area contributed by atoms with Crippen molar-refractivity contribution in [2.75, 3.05) is 24.5 Å². The second kappa shape index (κ2) is 14.6. The maximum Gasteiger partial charge on any atom is 0.264 e. The zero-order valence-corrected chi connectivity index (χ0v) is 25.8. The number of carbonyl (C=O) groups excluding carboxylic acids is 2. The molecular formula is C30H35Cl2N3O5S. The molecule has 8 nitrogen and oxygen atoms in total. The molecule has 3 rings (SSSR count). The summed E-state index contributed by atoms with van der Waals surface area (Å²) in [6.07, 6.45) is 0.303. The average Bonchev–Trinajstić information content (AvgIpc) is 2.96.